The summed E-state index contributed by atoms with van der Waals surface area (Å²) in [4.78, 5) is 48.7. The second-order valence-electron chi connectivity index (χ2n) is 11.7. The molecular weight excluding hydrogens is 506 g/mol. The Morgan fingerprint density at radius 3 is 2.40 bits per heavy atom. The maximum absolute atomic E-state index is 14.5. The Morgan fingerprint density at radius 2 is 1.70 bits per heavy atom. The number of aliphatic hydroxyl groups excluding tert-OH is 1. The lowest BCUT2D eigenvalue weighted by atomic mass is 9.73. The lowest BCUT2D eigenvalue weighted by Gasteiger charge is -2.39. The number of unbranched alkanes of at least 4 members (excludes halogenated alkanes) is 2. The third-order valence-electron chi connectivity index (χ3n) is 9.33. The van der Waals surface area contributed by atoms with Gasteiger partial charge in [0, 0.05) is 38.0 Å². The molecule has 0 bridgehead atoms. The van der Waals surface area contributed by atoms with Gasteiger partial charge >= 0.3 is 0 Å². The molecule has 4 heterocycles. The number of likely N-dealkylation sites (tertiary alicyclic amines) is 1. The molecule has 5 rings (SSSR count). The molecule has 0 saturated carbocycles. The molecule has 8 nitrogen and oxygen atoms in total. The molecule has 4 aliphatic heterocycles. The normalized spacial score (nSPS) is 32.1. The van der Waals surface area contributed by atoms with Crippen molar-refractivity contribution in [1.82, 2.24) is 9.80 Å². The van der Waals surface area contributed by atoms with Crippen molar-refractivity contribution >= 4 is 23.4 Å². The zero-order valence-electron chi connectivity index (χ0n) is 24.0. The first-order valence-corrected chi connectivity index (χ1v) is 15.0. The number of hydrogen-bond acceptors (Lipinski definition) is 5. The SMILES string of the molecule is CCCC(C)N1CC=C[C@]23O[C@]4(CC)C=CCN(c5ccccc5)C(=O)[C@@H]4[C@H]2C(=O)N(CCCCCO)C3C1=O. The summed E-state index contributed by atoms with van der Waals surface area (Å²) in [6.45, 7) is 7.48. The maximum Gasteiger partial charge on any atom is 0.249 e. The number of benzene rings is 1. The van der Waals surface area contributed by atoms with E-state index in [0.29, 0.717) is 38.9 Å². The topological polar surface area (TPSA) is 90.4 Å². The highest BCUT2D eigenvalue weighted by Crippen LogP contribution is 2.58. The molecule has 2 fully saturated rings. The first kappa shape index (κ1) is 28.6. The number of carbonyl (C=O) groups is 3. The third kappa shape index (κ3) is 4.49. The van der Waals surface area contributed by atoms with Crippen molar-refractivity contribution in [3.63, 3.8) is 0 Å². The Kier molecular flexibility index (Phi) is 8.20. The first-order valence-electron chi connectivity index (χ1n) is 15.0. The quantitative estimate of drug-likeness (QED) is 0.355. The van der Waals surface area contributed by atoms with Crippen molar-refractivity contribution in [2.75, 3.05) is 31.1 Å². The van der Waals surface area contributed by atoms with Crippen molar-refractivity contribution in [3.05, 3.63) is 54.6 Å². The van der Waals surface area contributed by atoms with Gasteiger partial charge in [-0.15, -0.1) is 0 Å². The van der Waals surface area contributed by atoms with Crippen LogP contribution in [-0.2, 0) is 19.1 Å². The number of aliphatic hydroxyl groups is 1. The van der Waals surface area contributed by atoms with E-state index in [0.717, 1.165) is 24.9 Å². The number of fused-ring (bicyclic) bond motifs is 2. The molecule has 0 aromatic heterocycles. The van der Waals surface area contributed by atoms with Crippen molar-refractivity contribution in [2.24, 2.45) is 11.8 Å². The highest BCUT2D eigenvalue weighted by Gasteiger charge is 2.75. The number of ether oxygens (including phenoxy) is 1. The minimum absolute atomic E-state index is 0.0183. The molecule has 4 aliphatic rings. The van der Waals surface area contributed by atoms with Crippen LogP contribution in [0.2, 0.25) is 0 Å². The summed E-state index contributed by atoms with van der Waals surface area (Å²) in [5, 5.41) is 9.29. The standard InChI is InChI=1S/C32H43N3O5/c1-4-14-23(3)33-20-13-18-32-26(29(38)35(27(32)30(33)39)19-10-7-11-22-36)25-28(37)34(24-15-8-6-9-16-24)21-12-17-31(25,5-2)40-32/h6,8-9,12-13,15-18,23,25-27,36H,4-5,7,10-11,14,19-22H2,1-3H3/t23?,25-,26-,27?,31+,32-/m0/s1. The van der Waals surface area contributed by atoms with E-state index in [4.69, 9.17) is 4.74 Å². The van der Waals surface area contributed by atoms with Crippen LogP contribution in [0.15, 0.2) is 54.6 Å². The highest BCUT2D eigenvalue weighted by atomic mass is 16.5. The Hall–Kier alpha value is -2.97. The van der Waals surface area contributed by atoms with Gasteiger partial charge < -0.3 is 24.5 Å². The average Bonchev–Trinajstić information content (AvgIpc) is 3.24. The van der Waals surface area contributed by atoms with Gasteiger partial charge in [0.05, 0.1) is 17.4 Å². The predicted octanol–water partition coefficient (Wildman–Crippen LogP) is 3.70. The van der Waals surface area contributed by atoms with E-state index in [1.807, 2.05) is 66.5 Å². The summed E-state index contributed by atoms with van der Waals surface area (Å²) < 4.78 is 7.05. The van der Waals surface area contributed by atoms with Gasteiger partial charge in [-0.3, -0.25) is 14.4 Å². The molecule has 2 unspecified atom stereocenters. The zero-order chi connectivity index (χ0) is 28.5. The van der Waals surface area contributed by atoms with E-state index in [9.17, 15) is 19.5 Å². The van der Waals surface area contributed by atoms with Crippen molar-refractivity contribution < 1.29 is 24.2 Å². The average molecular weight is 550 g/mol. The van der Waals surface area contributed by atoms with E-state index < -0.39 is 29.1 Å². The molecule has 0 radical (unpaired) electrons. The Balaban J connectivity index is 1.60. The monoisotopic (exact) mass is 549 g/mol. The predicted molar refractivity (Wildman–Crippen MR) is 153 cm³/mol. The third-order valence-corrected chi connectivity index (χ3v) is 9.33. The van der Waals surface area contributed by atoms with Crippen LogP contribution < -0.4 is 4.90 Å². The molecule has 1 aromatic carbocycles. The molecule has 1 aromatic rings. The van der Waals surface area contributed by atoms with E-state index >= 15 is 0 Å². The Morgan fingerprint density at radius 1 is 0.950 bits per heavy atom. The summed E-state index contributed by atoms with van der Waals surface area (Å²) >= 11 is 0. The van der Waals surface area contributed by atoms with Gasteiger partial charge in [0.1, 0.15) is 11.6 Å². The number of carbonyl (C=O) groups excluding carboxylic acids is 3. The van der Waals surface area contributed by atoms with Gasteiger partial charge in [-0.05, 0) is 51.2 Å². The van der Waals surface area contributed by atoms with E-state index in [-0.39, 0.29) is 30.4 Å². The van der Waals surface area contributed by atoms with Crippen molar-refractivity contribution in [3.8, 4) is 0 Å². The van der Waals surface area contributed by atoms with Crippen LogP contribution in [0.4, 0.5) is 5.69 Å². The van der Waals surface area contributed by atoms with Crippen molar-refractivity contribution in [1.29, 1.82) is 0 Å². The number of amides is 3. The lowest BCUT2D eigenvalue weighted by molar-refractivity contribution is -0.153. The van der Waals surface area contributed by atoms with Crippen LogP contribution in [-0.4, -0.2) is 82.2 Å². The molecule has 216 valence electrons. The van der Waals surface area contributed by atoms with E-state index in [2.05, 4.69) is 13.8 Å². The fourth-order valence-electron chi connectivity index (χ4n) is 7.40. The van der Waals surface area contributed by atoms with Crippen LogP contribution in [0.5, 0.6) is 0 Å². The van der Waals surface area contributed by atoms with E-state index in [1.54, 1.807) is 9.80 Å². The first-order chi connectivity index (χ1) is 19.3. The van der Waals surface area contributed by atoms with Crippen LogP contribution in [0.1, 0.15) is 59.3 Å². The largest absolute Gasteiger partial charge is 0.396 e. The Labute approximate surface area is 237 Å². The molecule has 1 N–H and O–H groups in total. The van der Waals surface area contributed by atoms with Gasteiger partial charge in [-0.1, -0.05) is 62.8 Å². The van der Waals surface area contributed by atoms with Crippen LogP contribution >= 0.6 is 0 Å². The van der Waals surface area contributed by atoms with E-state index in [1.165, 1.54) is 0 Å². The molecule has 1 spiro atoms. The maximum atomic E-state index is 14.5. The van der Waals surface area contributed by atoms with Crippen molar-refractivity contribution in [2.45, 2.75) is 82.6 Å². The number of para-hydroxylation sites is 1. The summed E-state index contributed by atoms with van der Waals surface area (Å²) in [6, 6.07) is 8.72. The number of nitrogens with zero attached hydrogens (tertiary/aromatic N) is 3. The minimum Gasteiger partial charge on any atom is -0.396 e. The van der Waals surface area contributed by atoms with Gasteiger partial charge in [-0.2, -0.15) is 0 Å². The molecule has 8 heteroatoms. The molecule has 2 saturated heterocycles. The zero-order valence-corrected chi connectivity index (χ0v) is 24.0. The Bertz CT molecular complexity index is 1170. The van der Waals surface area contributed by atoms with Crippen LogP contribution in [0.25, 0.3) is 0 Å². The number of rotatable bonds is 10. The molecule has 6 atom stereocenters. The van der Waals surface area contributed by atoms with Gasteiger partial charge in [0.15, 0.2) is 0 Å². The summed E-state index contributed by atoms with van der Waals surface area (Å²) in [5.74, 6) is -2.00. The number of hydrogen-bond donors (Lipinski definition) is 1. The van der Waals surface area contributed by atoms with Gasteiger partial charge in [0.25, 0.3) is 0 Å². The van der Waals surface area contributed by atoms with Crippen LogP contribution in [0.3, 0.4) is 0 Å². The second kappa shape index (κ2) is 11.5. The van der Waals surface area contributed by atoms with Gasteiger partial charge in [-0.25, -0.2) is 0 Å². The smallest absolute Gasteiger partial charge is 0.249 e. The summed E-state index contributed by atoms with van der Waals surface area (Å²) in [5.41, 5.74) is -1.44. The fourth-order valence-corrected chi connectivity index (χ4v) is 7.40. The fraction of sp³-hybridized carbons (Fsp3) is 0.594. The molecule has 3 amide bonds. The lowest BCUT2D eigenvalue weighted by Crippen LogP contribution is -2.57. The second-order valence-corrected chi connectivity index (χ2v) is 11.7. The van der Waals surface area contributed by atoms with Crippen LogP contribution in [0, 0.1) is 11.8 Å². The minimum atomic E-state index is -1.23. The molecule has 40 heavy (non-hydrogen) atoms. The summed E-state index contributed by atoms with van der Waals surface area (Å²) in [7, 11) is 0. The number of anilines is 1. The molecule has 0 aliphatic carbocycles. The van der Waals surface area contributed by atoms with Gasteiger partial charge in [0.2, 0.25) is 17.7 Å². The summed E-state index contributed by atoms with van der Waals surface area (Å²) in [6.07, 6.45) is 12.2. The highest BCUT2D eigenvalue weighted by molar-refractivity contribution is 6.04. The molecular formula is C32H43N3O5.